The van der Waals surface area contributed by atoms with E-state index in [0.717, 1.165) is 18.4 Å². The molecule has 0 bridgehead atoms. The molecule has 0 aromatic heterocycles. The average molecular weight is 558 g/mol. The minimum absolute atomic E-state index is 0. The molecule has 2 N–H and O–H groups in total. The minimum Gasteiger partial charge on any atom is -0.484 e. The maximum absolute atomic E-state index is 12.6. The molecule has 0 saturated carbocycles. The molecule has 1 fully saturated rings. The fourth-order valence-electron chi connectivity index (χ4n) is 2.76. The van der Waals surface area contributed by atoms with Crippen molar-refractivity contribution in [3.63, 3.8) is 0 Å². The molecule has 1 heterocycles. The summed E-state index contributed by atoms with van der Waals surface area (Å²) >= 11 is 0. The zero-order valence-electron chi connectivity index (χ0n) is 17.9. The summed E-state index contributed by atoms with van der Waals surface area (Å²) < 4.78 is 48.2. The average Bonchev–Trinajstić information content (AvgIpc) is 3.19. The lowest BCUT2D eigenvalue weighted by molar-refractivity contribution is -0.153. The molecule has 1 atom stereocenters. The number of hydrogen-bond acceptors (Lipinski definition) is 4. The third-order valence-corrected chi connectivity index (χ3v) is 4.45. The number of ether oxygens (including phenoxy) is 2. The zero-order valence-corrected chi connectivity index (χ0v) is 20.3. The standard InChI is InChI=1S/C20H29F3N4O3.HI/c1-14-6-7-15(17(9-14)30-13-20(21,22)23)10-24-19(26-12-18(28)27(2)3)25-11-16-5-4-8-29-16;/h6-7,9,16H,4-5,8,10-13H2,1-3H3,(H2,24,25,26);1H. The van der Waals surface area contributed by atoms with Crippen molar-refractivity contribution in [1.29, 1.82) is 0 Å². The highest BCUT2D eigenvalue weighted by atomic mass is 127. The number of carbonyl (C=O) groups excluding carboxylic acids is 1. The number of nitrogens with one attached hydrogen (secondary N) is 2. The number of benzene rings is 1. The molecule has 1 aromatic rings. The molecule has 176 valence electrons. The first-order valence-corrected chi connectivity index (χ1v) is 9.77. The number of nitrogens with zero attached hydrogens (tertiary/aromatic N) is 2. The number of halogens is 4. The molecule has 1 aliphatic heterocycles. The van der Waals surface area contributed by atoms with Crippen molar-refractivity contribution in [2.75, 3.05) is 40.4 Å². The number of rotatable bonds is 8. The van der Waals surface area contributed by atoms with Crippen molar-refractivity contribution in [3.8, 4) is 5.75 Å². The molecule has 1 aliphatic rings. The molecule has 31 heavy (non-hydrogen) atoms. The van der Waals surface area contributed by atoms with Crippen LogP contribution in [-0.4, -0.2) is 69.4 Å². The first-order chi connectivity index (χ1) is 14.1. The van der Waals surface area contributed by atoms with Gasteiger partial charge in [-0.2, -0.15) is 13.2 Å². The number of aliphatic imine (C=N–C) groups is 1. The van der Waals surface area contributed by atoms with E-state index in [1.165, 1.54) is 4.90 Å². The lowest BCUT2D eigenvalue weighted by Crippen LogP contribution is -2.45. The Morgan fingerprint density at radius 1 is 1.32 bits per heavy atom. The van der Waals surface area contributed by atoms with Crippen LogP contribution in [0.1, 0.15) is 24.0 Å². The van der Waals surface area contributed by atoms with Gasteiger partial charge in [0.1, 0.15) is 5.75 Å². The Balaban J connectivity index is 0.00000480. The van der Waals surface area contributed by atoms with Crippen LogP contribution in [0.2, 0.25) is 0 Å². The second kappa shape index (κ2) is 12.9. The van der Waals surface area contributed by atoms with E-state index >= 15 is 0 Å². The Bertz CT molecular complexity index is 739. The number of aryl methyl sites for hydroxylation is 1. The Morgan fingerprint density at radius 2 is 2.06 bits per heavy atom. The molecule has 0 aliphatic carbocycles. The van der Waals surface area contributed by atoms with Crippen LogP contribution in [0.15, 0.2) is 23.2 Å². The van der Waals surface area contributed by atoms with Crippen LogP contribution in [0.4, 0.5) is 13.2 Å². The van der Waals surface area contributed by atoms with Gasteiger partial charge in [-0.1, -0.05) is 12.1 Å². The molecular formula is C20H30F3IN4O3. The Hall–Kier alpha value is -1.76. The highest BCUT2D eigenvalue weighted by Gasteiger charge is 2.28. The molecular weight excluding hydrogens is 528 g/mol. The molecule has 0 radical (unpaired) electrons. The monoisotopic (exact) mass is 558 g/mol. The highest BCUT2D eigenvalue weighted by Crippen LogP contribution is 2.24. The lowest BCUT2D eigenvalue weighted by atomic mass is 10.1. The van der Waals surface area contributed by atoms with Gasteiger partial charge < -0.3 is 25.0 Å². The predicted octanol–water partition coefficient (Wildman–Crippen LogP) is 2.86. The number of amides is 1. The van der Waals surface area contributed by atoms with Gasteiger partial charge in [0, 0.05) is 32.8 Å². The smallest absolute Gasteiger partial charge is 0.422 e. The van der Waals surface area contributed by atoms with Gasteiger partial charge >= 0.3 is 6.18 Å². The van der Waals surface area contributed by atoms with Crippen LogP contribution in [-0.2, 0) is 16.1 Å². The van der Waals surface area contributed by atoms with E-state index in [1.54, 1.807) is 39.2 Å². The fourth-order valence-corrected chi connectivity index (χ4v) is 2.76. The van der Waals surface area contributed by atoms with Crippen LogP contribution in [0, 0.1) is 6.92 Å². The van der Waals surface area contributed by atoms with Gasteiger partial charge in [-0.15, -0.1) is 24.0 Å². The molecule has 11 heteroatoms. The molecule has 1 unspecified atom stereocenters. The van der Waals surface area contributed by atoms with Gasteiger partial charge in [-0.05, 0) is 31.4 Å². The molecule has 0 spiro atoms. The quantitative estimate of drug-likeness (QED) is 0.292. The van der Waals surface area contributed by atoms with Gasteiger partial charge in [0.25, 0.3) is 0 Å². The summed E-state index contributed by atoms with van der Waals surface area (Å²) in [6.45, 7) is 1.77. The van der Waals surface area contributed by atoms with Crippen LogP contribution in [0.25, 0.3) is 0 Å². The maximum atomic E-state index is 12.6. The first-order valence-electron chi connectivity index (χ1n) is 9.77. The third-order valence-electron chi connectivity index (χ3n) is 4.45. The molecule has 1 amide bonds. The number of likely N-dealkylation sites (N-methyl/N-ethyl adjacent to an activating group) is 1. The van der Waals surface area contributed by atoms with E-state index in [-0.39, 0.29) is 54.8 Å². The summed E-state index contributed by atoms with van der Waals surface area (Å²) in [6, 6.07) is 5.03. The summed E-state index contributed by atoms with van der Waals surface area (Å²) in [5, 5.41) is 6.09. The lowest BCUT2D eigenvalue weighted by Gasteiger charge is -2.17. The van der Waals surface area contributed by atoms with E-state index in [2.05, 4.69) is 15.6 Å². The molecule has 2 rings (SSSR count). The third kappa shape index (κ3) is 10.4. The summed E-state index contributed by atoms with van der Waals surface area (Å²) in [5.74, 6) is 0.383. The van der Waals surface area contributed by atoms with Crippen LogP contribution < -0.4 is 15.4 Å². The van der Waals surface area contributed by atoms with E-state index in [9.17, 15) is 18.0 Å². The molecule has 7 nitrogen and oxygen atoms in total. The zero-order chi connectivity index (χ0) is 22.1. The van der Waals surface area contributed by atoms with Gasteiger partial charge in [-0.3, -0.25) is 4.79 Å². The van der Waals surface area contributed by atoms with Crippen molar-refractivity contribution >= 4 is 35.8 Å². The highest BCUT2D eigenvalue weighted by molar-refractivity contribution is 14.0. The second-order valence-corrected chi connectivity index (χ2v) is 7.34. The van der Waals surface area contributed by atoms with Crippen molar-refractivity contribution < 1.29 is 27.4 Å². The van der Waals surface area contributed by atoms with Crippen LogP contribution >= 0.6 is 24.0 Å². The van der Waals surface area contributed by atoms with E-state index in [0.29, 0.717) is 24.7 Å². The van der Waals surface area contributed by atoms with Gasteiger partial charge in [0.2, 0.25) is 5.91 Å². The van der Waals surface area contributed by atoms with Crippen molar-refractivity contribution in [1.82, 2.24) is 15.5 Å². The van der Waals surface area contributed by atoms with Gasteiger partial charge in [0.15, 0.2) is 12.6 Å². The van der Waals surface area contributed by atoms with Crippen molar-refractivity contribution in [2.45, 2.75) is 38.6 Å². The van der Waals surface area contributed by atoms with Gasteiger partial charge in [0.05, 0.1) is 19.2 Å². The Morgan fingerprint density at radius 3 is 2.68 bits per heavy atom. The van der Waals surface area contributed by atoms with Crippen LogP contribution in [0.3, 0.4) is 0 Å². The second-order valence-electron chi connectivity index (χ2n) is 7.34. The van der Waals surface area contributed by atoms with E-state index in [1.807, 2.05) is 0 Å². The summed E-state index contributed by atoms with van der Waals surface area (Å²) in [7, 11) is 3.30. The summed E-state index contributed by atoms with van der Waals surface area (Å²) in [6.07, 6.45) is -2.43. The van der Waals surface area contributed by atoms with Crippen LogP contribution in [0.5, 0.6) is 5.75 Å². The number of alkyl halides is 3. The normalized spacial score (nSPS) is 16.5. The largest absolute Gasteiger partial charge is 0.484 e. The summed E-state index contributed by atoms with van der Waals surface area (Å²) in [5.41, 5.74) is 1.30. The number of carbonyl (C=O) groups is 1. The number of hydrogen-bond donors (Lipinski definition) is 2. The summed E-state index contributed by atoms with van der Waals surface area (Å²) in [4.78, 5) is 17.8. The topological polar surface area (TPSA) is 75.2 Å². The van der Waals surface area contributed by atoms with E-state index < -0.39 is 12.8 Å². The predicted molar refractivity (Wildman–Crippen MR) is 123 cm³/mol. The van der Waals surface area contributed by atoms with Crippen molar-refractivity contribution in [2.24, 2.45) is 4.99 Å². The van der Waals surface area contributed by atoms with E-state index in [4.69, 9.17) is 9.47 Å². The minimum atomic E-state index is -4.42. The Kier molecular flexibility index (Phi) is 11.4. The maximum Gasteiger partial charge on any atom is 0.422 e. The first kappa shape index (κ1) is 27.3. The van der Waals surface area contributed by atoms with Crippen molar-refractivity contribution in [3.05, 3.63) is 29.3 Å². The molecule has 1 saturated heterocycles. The number of guanidine groups is 1. The van der Waals surface area contributed by atoms with Gasteiger partial charge in [-0.25, -0.2) is 4.99 Å². The molecule has 1 aromatic carbocycles. The SMILES string of the molecule is Cc1ccc(CN=C(NCC(=O)N(C)C)NCC2CCCO2)c(OCC(F)(F)F)c1.I. The fraction of sp³-hybridized carbons (Fsp3) is 0.600. The Labute approximate surface area is 197 Å².